The van der Waals surface area contributed by atoms with Crippen molar-refractivity contribution in [3.8, 4) is 0 Å². The van der Waals surface area contributed by atoms with Gasteiger partial charge in [0, 0.05) is 10.6 Å². The largest absolute Gasteiger partial charge is 0.263 e. The summed E-state index contributed by atoms with van der Waals surface area (Å²) in [6, 6.07) is 8.50. The molecule has 76 valence electrons. The lowest BCUT2D eigenvalue weighted by molar-refractivity contribution is 0.834. The van der Waals surface area contributed by atoms with Crippen molar-refractivity contribution < 1.29 is 0 Å². The summed E-state index contributed by atoms with van der Waals surface area (Å²) in [5.41, 5.74) is 1.36. The minimum Gasteiger partial charge on any atom is -0.263 e. The molecular formula is C11H11N3S. The van der Waals surface area contributed by atoms with Crippen LogP contribution < -0.4 is 0 Å². The molecule has 0 radical (unpaired) electrons. The second-order valence-electron chi connectivity index (χ2n) is 3.68. The zero-order chi connectivity index (χ0) is 10.3. The van der Waals surface area contributed by atoms with E-state index in [4.69, 9.17) is 0 Å². The number of rotatable bonds is 1. The number of fused-ring (bicyclic) bond motifs is 1. The first kappa shape index (κ1) is 8.97. The van der Waals surface area contributed by atoms with Gasteiger partial charge in [0.2, 0.25) is 0 Å². The van der Waals surface area contributed by atoms with E-state index in [-0.39, 0.29) is 0 Å². The Morgan fingerprint density at radius 3 is 3.07 bits per heavy atom. The average molecular weight is 217 g/mol. The van der Waals surface area contributed by atoms with E-state index in [1.807, 2.05) is 18.7 Å². The van der Waals surface area contributed by atoms with Crippen molar-refractivity contribution in [2.24, 2.45) is 0 Å². The molecule has 1 aromatic carbocycles. The van der Waals surface area contributed by atoms with Crippen LogP contribution in [0.15, 0.2) is 29.2 Å². The van der Waals surface area contributed by atoms with Gasteiger partial charge in [-0.05, 0) is 18.6 Å². The van der Waals surface area contributed by atoms with Gasteiger partial charge in [0.25, 0.3) is 0 Å². The highest BCUT2D eigenvalue weighted by atomic mass is 32.2. The van der Waals surface area contributed by atoms with E-state index in [0.29, 0.717) is 5.92 Å². The van der Waals surface area contributed by atoms with E-state index in [2.05, 4.69) is 39.4 Å². The highest BCUT2D eigenvalue weighted by molar-refractivity contribution is 7.99. The van der Waals surface area contributed by atoms with Crippen molar-refractivity contribution in [1.82, 2.24) is 15.2 Å². The van der Waals surface area contributed by atoms with Gasteiger partial charge in [-0.1, -0.05) is 18.2 Å². The van der Waals surface area contributed by atoms with Gasteiger partial charge in [-0.25, -0.2) is 4.98 Å². The van der Waals surface area contributed by atoms with Crippen LogP contribution >= 0.6 is 11.8 Å². The molecule has 1 unspecified atom stereocenters. The summed E-state index contributed by atoms with van der Waals surface area (Å²) < 4.78 is 0. The van der Waals surface area contributed by atoms with Gasteiger partial charge in [0.15, 0.2) is 5.82 Å². The molecule has 15 heavy (non-hydrogen) atoms. The number of nitrogens with one attached hydrogen (secondary N) is 1. The maximum absolute atomic E-state index is 4.41. The van der Waals surface area contributed by atoms with E-state index in [1.54, 1.807) is 0 Å². The Hall–Kier alpha value is -1.29. The molecule has 3 rings (SSSR count). The Kier molecular flexibility index (Phi) is 2.02. The van der Waals surface area contributed by atoms with Gasteiger partial charge in [-0.3, -0.25) is 5.10 Å². The van der Waals surface area contributed by atoms with Crippen LogP contribution in [0.5, 0.6) is 0 Å². The van der Waals surface area contributed by atoms with E-state index >= 15 is 0 Å². The second kappa shape index (κ2) is 3.38. The summed E-state index contributed by atoms with van der Waals surface area (Å²) in [5.74, 6) is 3.22. The zero-order valence-electron chi connectivity index (χ0n) is 8.40. The van der Waals surface area contributed by atoms with Crippen LogP contribution in [0.4, 0.5) is 0 Å². The molecule has 2 aromatic rings. The van der Waals surface area contributed by atoms with Crippen molar-refractivity contribution in [2.45, 2.75) is 17.7 Å². The van der Waals surface area contributed by atoms with Crippen LogP contribution in [-0.4, -0.2) is 20.9 Å². The fourth-order valence-electron chi connectivity index (χ4n) is 1.89. The third-order valence-electron chi connectivity index (χ3n) is 2.63. The van der Waals surface area contributed by atoms with E-state index in [0.717, 1.165) is 17.4 Å². The average Bonchev–Trinajstić information content (AvgIpc) is 2.83. The van der Waals surface area contributed by atoms with Crippen LogP contribution in [0, 0.1) is 6.92 Å². The first-order valence-corrected chi connectivity index (χ1v) is 5.94. The Bertz CT molecular complexity index is 492. The highest BCUT2D eigenvalue weighted by Crippen LogP contribution is 2.41. The predicted molar refractivity (Wildman–Crippen MR) is 60.1 cm³/mol. The highest BCUT2D eigenvalue weighted by Gasteiger charge is 2.26. The molecule has 1 aromatic heterocycles. The molecule has 0 saturated carbocycles. The maximum atomic E-state index is 4.41. The number of aromatic amines is 1. The third-order valence-corrected chi connectivity index (χ3v) is 3.81. The minimum atomic E-state index is 0.358. The summed E-state index contributed by atoms with van der Waals surface area (Å²) in [4.78, 5) is 5.78. The molecule has 0 saturated heterocycles. The van der Waals surface area contributed by atoms with Crippen LogP contribution in [0.2, 0.25) is 0 Å². The molecule has 0 bridgehead atoms. The molecule has 1 N–H and O–H groups in total. The lowest BCUT2D eigenvalue weighted by Crippen LogP contribution is -2.01. The number of benzene rings is 1. The molecule has 3 nitrogen and oxygen atoms in total. The second-order valence-corrected chi connectivity index (χ2v) is 4.74. The number of hydrogen-bond donors (Lipinski definition) is 1. The standard InChI is InChI=1S/C11H11N3S/c1-7-12-11(14-13-7)9-6-15-10-5-3-2-4-8(9)10/h2-5,9H,6H2,1H3,(H,12,13,14). The van der Waals surface area contributed by atoms with Crippen molar-refractivity contribution in [2.75, 3.05) is 5.75 Å². The van der Waals surface area contributed by atoms with Crippen LogP contribution in [0.25, 0.3) is 0 Å². The number of aryl methyl sites for hydroxylation is 1. The van der Waals surface area contributed by atoms with Crippen molar-refractivity contribution >= 4 is 11.8 Å². The summed E-state index contributed by atoms with van der Waals surface area (Å²) >= 11 is 1.89. The van der Waals surface area contributed by atoms with Gasteiger partial charge in [0.05, 0.1) is 5.92 Å². The van der Waals surface area contributed by atoms with Gasteiger partial charge >= 0.3 is 0 Å². The molecule has 0 spiro atoms. The van der Waals surface area contributed by atoms with Crippen LogP contribution in [0.3, 0.4) is 0 Å². The van der Waals surface area contributed by atoms with E-state index < -0.39 is 0 Å². The fraction of sp³-hybridized carbons (Fsp3) is 0.273. The molecule has 1 aliphatic heterocycles. The lowest BCUT2D eigenvalue weighted by atomic mass is 10.0. The summed E-state index contributed by atoms with van der Waals surface area (Å²) in [6.07, 6.45) is 0. The fourth-order valence-corrected chi connectivity index (χ4v) is 3.12. The van der Waals surface area contributed by atoms with Crippen molar-refractivity contribution in [1.29, 1.82) is 0 Å². The Morgan fingerprint density at radius 1 is 1.40 bits per heavy atom. The van der Waals surface area contributed by atoms with Crippen molar-refractivity contribution in [3.05, 3.63) is 41.5 Å². The predicted octanol–water partition coefficient (Wildman–Crippen LogP) is 2.35. The smallest absolute Gasteiger partial charge is 0.159 e. The number of hydrogen-bond acceptors (Lipinski definition) is 3. The van der Waals surface area contributed by atoms with Gasteiger partial charge in [0.1, 0.15) is 5.82 Å². The summed E-state index contributed by atoms with van der Waals surface area (Å²) in [7, 11) is 0. The molecule has 0 amide bonds. The SMILES string of the molecule is Cc1nc(C2CSc3ccccc32)n[nH]1. The van der Waals surface area contributed by atoms with E-state index in [9.17, 15) is 0 Å². The monoisotopic (exact) mass is 217 g/mol. The summed E-state index contributed by atoms with van der Waals surface area (Å²) in [6.45, 7) is 1.94. The normalized spacial score (nSPS) is 19.1. The maximum Gasteiger partial charge on any atom is 0.159 e. The first-order chi connectivity index (χ1) is 7.34. The Balaban J connectivity index is 2.04. The van der Waals surface area contributed by atoms with Crippen LogP contribution in [-0.2, 0) is 0 Å². The van der Waals surface area contributed by atoms with Gasteiger partial charge in [-0.15, -0.1) is 11.8 Å². The zero-order valence-corrected chi connectivity index (χ0v) is 9.21. The molecule has 0 fully saturated rings. The van der Waals surface area contributed by atoms with Gasteiger partial charge < -0.3 is 0 Å². The molecule has 2 heterocycles. The lowest BCUT2D eigenvalue weighted by Gasteiger charge is -2.04. The molecular weight excluding hydrogens is 206 g/mol. The number of nitrogens with zero attached hydrogens (tertiary/aromatic N) is 2. The minimum absolute atomic E-state index is 0.358. The number of aromatic nitrogens is 3. The molecule has 0 aliphatic carbocycles. The number of H-pyrrole nitrogens is 1. The third kappa shape index (κ3) is 1.45. The van der Waals surface area contributed by atoms with E-state index in [1.165, 1.54) is 10.5 Å². The van der Waals surface area contributed by atoms with Crippen LogP contribution in [0.1, 0.15) is 23.1 Å². The topological polar surface area (TPSA) is 41.6 Å². The number of thioether (sulfide) groups is 1. The van der Waals surface area contributed by atoms with Gasteiger partial charge in [-0.2, -0.15) is 5.10 Å². The van der Waals surface area contributed by atoms with Crippen molar-refractivity contribution in [3.63, 3.8) is 0 Å². The first-order valence-electron chi connectivity index (χ1n) is 4.95. The summed E-state index contributed by atoms with van der Waals surface area (Å²) in [5, 5.41) is 7.15. The molecule has 1 atom stereocenters. The Labute approximate surface area is 92.3 Å². The Morgan fingerprint density at radius 2 is 2.27 bits per heavy atom. The quantitative estimate of drug-likeness (QED) is 0.797. The molecule has 4 heteroatoms. The molecule has 1 aliphatic rings.